The van der Waals surface area contributed by atoms with Crippen molar-refractivity contribution >= 4 is 33.6 Å². The van der Waals surface area contributed by atoms with Gasteiger partial charge in [0.2, 0.25) is 0 Å². The van der Waals surface area contributed by atoms with Crippen molar-refractivity contribution in [1.82, 2.24) is 20.6 Å². The summed E-state index contributed by atoms with van der Waals surface area (Å²) in [6.07, 6.45) is 0. The van der Waals surface area contributed by atoms with Crippen LogP contribution >= 0.6 is 0 Å². The maximum atomic E-state index is 13.8. The first-order chi connectivity index (χ1) is 26.4. The number of fused-ring (bicyclic) bond motifs is 2. The number of methoxy groups -OCH3 is 4. The van der Waals surface area contributed by atoms with Crippen molar-refractivity contribution in [2.75, 3.05) is 28.4 Å². The van der Waals surface area contributed by atoms with Crippen LogP contribution in [0.25, 0.3) is 44.3 Å². The first-order valence-corrected chi connectivity index (χ1v) is 17.3. The van der Waals surface area contributed by atoms with Gasteiger partial charge in [0.25, 0.3) is 11.8 Å². The highest BCUT2D eigenvalue weighted by atomic mass is 16.5. The number of nitrogens with one attached hydrogen (secondary N) is 2. The molecule has 54 heavy (non-hydrogen) atoms. The van der Waals surface area contributed by atoms with E-state index >= 15 is 0 Å². The van der Waals surface area contributed by atoms with E-state index in [9.17, 15) is 9.59 Å². The maximum Gasteiger partial charge on any atom is 0.252 e. The number of hydrogen-bond donors (Lipinski definition) is 2. The molecule has 10 heteroatoms. The Hall–Kier alpha value is -6.94. The van der Waals surface area contributed by atoms with Crippen LogP contribution in [0.1, 0.15) is 31.8 Å². The highest BCUT2D eigenvalue weighted by molar-refractivity contribution is 6.08. The summed E-state index contributed by atoms with van der Waals surface area (Å²) in [5.41, 5.74) is 6.82. The Morgan fingerprint density at radius 2 is 0.944 bits per heavy atom. The van der Waals surface area contributed by atoms with E-state index in [0.717, 1.165) is 33.0 Å². The molecular weight excluding hydrogens is 681 g/mol. The molecule has 0 saturated heterocycles. The molecule has 2 heterocycles. The molecule has 0 atom stereocenters. The molecule has 270 valence electrons. The summed E-state index contributed by atoms with van der Waals surface area (Å²) in [7, 11) is 6.37. The quantitative estimate of drug-likeness (QED) is 0.130. The number of para-hydroxylation sites is 2. The summed E-state index contributed by atoms with van der Waals surface area (Å²) < 4.78 is 22.0. The van der Waals surface area contributed by atoms with Crippen LogP contribution in [0.15, 0.2) is 121 Å². The average Bonchev–Trinajstić information content (AvgIpc) is 3.23. The molecule has 0 fully saturated rings. The summed E-state index contributed by atoms with van der Waals surface area (Å²) in [6.45, 7) is 0.557. The highest BCUT2D eigenvalue weighted by Crippen LogP contribution is 2.36. The molecule has 0 radical (unpaired) electrons. The minimum absolute atomic E-state index is 0.241. The summed E-state index contributed by atoms with van der Waals surface area (Å²) in [4.78, 5) is 37.2. The fraction of sp³-hybridized carbons (Fsp3) is 0.136. The Morgan fingerprint density at radius 1 is 0.500 bits per heavy atom. The van der Waals surface area contributed by atoms with Crippen molar-refractivity contribution in [1.29, 1.82) is 0 Å². The topological polar surface area (TPSA) is 121 Å². The fourth-order valence-electron chi connectivity index (χ4n) is 6.43. The number of pyridine rings is 2. The normalized spacial score (nSPS) is 10.9. The third-order valence-corrected chi connectivity index (χ3v) is 9.19. The summed E-state index contributed by atoms with van der Waals surface area (Å²) in [5, 5.41) is 7.63. The monoisotopic (exact) mass is 718 g/mol. The maximum absolute atomic E-state index is 13.8. The van der Waals surface area contributed by atoms with Crippen LogP contribution in [0.4, 0.5) is 0 Å². The zero-order chi connectivity index (χ0) is 37.6. The standard InChI is InChI=1S/C44H38N4O6/c1-51-29-16-18-33(41(21-29)53-3)39-23-35(31-12-5-7-14-37(31)47-39)43(49)45-25-27-10-9-11-28(20-27)26-46-44(50)36-24-40(48-38-15-8-6-13-32(36)38)34-19-17-30(52-2)22-42(34)54-4/h5-24H,25-26H2,1-4H3,(H,45,49)(H,46,50). The first kappa shape index (κ1) is 35.5. The number of nitrogens with zero attached hydrogens (tertiary/aromatic N) is 2. The largest absolute Gasteiger partial charge is 0.497 e. The van der Waals surface area contributed by atoms with E-state index in [0.29, 0.717) is 56.5 Å². The van der Waals surface area contributed by atoms with Gasteiger partial charge in [0, 0.05) is 47.1 Å². The van der Waals surface area contributed by atoms with E-state index in [4.69, 9.17) is 28.9 Å². The van der Waals surface area contributed by atoms with Crippen molar-refractivity contribution < 1.29 is 28.5 Å². The van der Waals surface area contributed by atoms with Crippen molar-refractivity contribution in [2.24, 2.45) is 0 Å². The predicted octanol–water partition coefficient (Wildman–Crippen LogP) is 8.01. The van der Waals surface area contributed by atoms with Crippen LogP contribution in [0.3, 0.4) is 0 Å². The van der Waals surface area contributed by atoms with Gasteiger partial charge in [-0.1, -0.05) is 60.7 Å². The molecule has 0 saturated carbocycles. The number of rotatable bonds is 12. The Kier molecular flexibility index (Phi) is 10.3. The van der Waals surface area contributed by atoms with E-state index in [2.05, 4.69) is 10.6 Å². The van der Waals surface area contributed by atoms with Gasteiger partial charge < -0.3 is 29.6 Å². The third-order valence-electron chi connectivity index (χ3n) is 9.19. The molecule has 0 aliphatic heterocycles. The fourth-order valence-corrected chi connectivity index (χ4v) is 6.43. The van der Waals surface area contributed by atoms with Crippen LogP contribution in [0.5, 0.6) is 23.0 Å². The van der Waals surface area contributed by atoms with Gasteiger partial charge in [0.15, 0.2) is 0 Å². The summed E-state index contributed by atoms with van der Waals surface area (Å²) in [5.74, 6) is 2.00. The molecule has 7 rings (SSSR count). The summed E-state index contributed by atoms with van der Waals surface area (Å²) in [6, 6.07) is 37.4. The van der Waals surface area contributed by atoms with Crippen molar-refractivity contribution in [3.63, 3.8) is 0 Å². The molecule has 0 aliphatic rings. The molecule has 0 bridgehead atoms. The number of hydrogen-bond acceptors (Lipinski definition) is 8. The van der Waals surface area contributed by atoms with E-state index in [1.807, 2.05) is 97.1 Å². The molecule has 0 aliphatic carbocycles. The van der Waals surface area contributed by atoms with Gasteiger partial charge in [-0.3, -0.25) is 9.59 Å². The van der Waals surface area contributed by atoms with Gasteiger partial charge >= 0.3 is 0 Å². The van der Waals surface area contributed by atoms with Crippen molar-refractivity contribution in [3.8, 4) is 45.5 Å². The van der Waals surface area contributed by atoms with Crippen molar-refractivity contribution in [2.45, 2.75) is 13.1 Å². The van der Waals surface area contributed by atoms with Crippen LogP contribution in [0.2, 0.25) is 0 Å². The van der Waals surface area contributed by atoms with Crippen LogP contribution < -0.4 is 29.6 Å². The molecule has 0 unspecified atom stereocenters. The van der Waals surface area contributed by atoms with Gasteiger partial charge in [-0.15, -0.1) is 0 Å². The lowest BCUT2D eigenvalue weighted by Crippen LogP contribution is -2.24. The molecular formula is C44H38N4O6. The van der Waals surface area contributed by atoms with Crippen molar-refractivity contribution in [3.05, 3.63) is 144 Å². The van der Waals surface area contributed by atoms with Crippen LogP contribution in [0, 0.1) is 0 Å². The van der Waals surface area contributed by atoms with Crippen LogP contribution in [-0.4, -0.2) is 50.2 Å². The Morgan fingerprint density at radius 3 is 1.37 bits per heavy atom. The second-order valence-electron chi connectivity index (χ2n) is 12.5. The zero-order valence-electron chi connectivity index (χ0n) is 30.3. The lowest BCUT2D eigenvalue weighted by molar-refractivity contribution is 0.0945. The van der Waals surface area contributed by atoms with Crippen LogP contribution in [-0.2, 0) is 13.1 Å². The number of carbonyl (C=O) groups excluding carboxylic acids is 2. The minimum Gasteiger partial charge on any atom is -0.497 e. The van der Waals surface area contributed by atoms with Gasteiger partial charge in [-0.05, 0) is 59.7 Å². The molecule has 2 amide bonds. The van der Waals surface area contributed by atoms with E-state index in [1.165, 1.54) is 0 Å². The average molecular weight is 719 g/mol. The second kappa shape index (κ2) is 15.7. The predicted molar refractivity (Wildman–Crippen MR) is 209 cm³/mol. The third kappa shape index (κ3) is 7.35. The second-order valence-corrected chi connectivity index (χ2v) is 12.5. The van der Waals surface area contributed by atoms with Gasteiger partial charge in [-0.25, -0.2) is 9.97 Å². The van der Waals surface area contributed by atoms with E-state index in [-0.39, 0.29) is 24.9 Å². The smallest absolute Gasteiger partial charge is 0.252 e. The summed E-state index contributed by atoms with van der Waals surface area (Å²) >= 11 is 0. The Bertz CT molecular complexity index is 2350. The van der Waals surface area contributed by atoms with Gasteiger partial charge in [-0.2, -0.15) is 0 Å². The lowest BCUT2D eigenvalue weighted by Gasteiger charge is -2.14. The van der Waals surface area contributed by atoms with Gasteiger partial charge in [0.1, 0.15) is 23.0 Å². The van der Waals surface area contributed by atoms with E-state index in [1.54, 1.807) is 52.7 Å². The molecule has 5 aromatic carbocycles. The highest BCUT2D eigenvalue weighted by Gasteiger charge is 2.19. The SMILES string of the molecule is COc1ccc(-c2cc(C(=O)NCc3cccc(CNC(=O)c4cc(-c5ccc(OC)cc5OC)nc5ccccc45)c3)c3ccccc3n2)c(OC)c1. The number of benzene rings is 5. The molecule has 7 aromatic rings. The first-order valence-electron chi connectivity index (χ1n) is 17.3. The number of carbonyl (C=O) groups is 2. The molecule has 0 spiro atoms. The molecule has 2 N–H and O–H groups in total. The zero-order valence-corrected chi connectivity index (χ0v) is 30.3. The molecule has 2 aromatic heterocycles. The Labute approximate surface area is 312 Å². The number of amides is 2. The molecule has 10 nitrogen and oxygen atoms in total. The Balaban J connectivity index is 1.09. The number of aromatic nitrogens is 2. The minimum atomic E-state index is -0.241. The van der Waals surface area contributed by atoms with Gasteiger partial charge in [0.05, 0.1) is 62.0 Å². The lowest BCUT2D eigenvalue weighted by atomic mass is 10.0. The van der Waals surface area contributed by atoms with E-state index < -0.39 is 0 Å². The number of ether oxygens (including phenoxy) is 4.